The lowest BCUT2D eigenvalue weighted by atomic mass is 10.1. The number of benzene rings is 2. The molecule has 0 saturated heterocycles. The van der Waals surface area contributed by atoms with Gasteiger partial charge in [-0.1, -0.05) is 26.7 Å². The summed E-state index contributed by atoms with van der Waals surface area (Å²) in [6, 6.07) is 14.6. The van der Waals surface area contributed by atoms with E-state index in [1.165, 1.54) is 0 Å². The van der Waals surface area contributed by atoms with Crippen molar-refractivity contribution in [3.8, 4) is 23.8 Å². The highest BCUT2D eigenvalue weighted by Crippen LogP contribution is 2.49. The van der Waals surface area contributed by atoms with Gasteiger partial charge in [-0.25, -0.2) is 0 Å². The number of halogens is 1. The topological polar surface area (TPSA) is 142 Å². The maximum absolute atomic E-state index is 13.5. The van der Waals surface area contributed by atoms with Crippen molar-refractivity contribution in [3.05, 3.63) is 63.1 Å². The summed E-state index contributed by atoms with van der Waals surface area (Å²) in [5.41, 5.74) is 3.24. The van der Waals surface area contributed by atoms with E-state index in [-0.39, 0.29) is 18.1 Å². The van der Waals surface area contributed by atoms with Gasteiger partial charge in [0.1, 0.15) is 16.5 Å². The molecule has 0 unspecified atom stereocenters. The van der Waals surface area contributed by atoms with E-state index in [1.807, 2.05) is 27.7 Å². The molecule has 12 heteroatoms. The molecule has 41 heavy (non-hydrogen) atoms. The maximum atomic E-state index is 13.5. The van der Waals surface area contributed by atoms with E-state index in [0.29, 0.717) is 46.1 Å². The van der Waals surface area contributed by atoms with Crippen LogP contribution in [0.4, 0.5) is 17.5 Å². The van der Waals surface area contributed by atoms with Gasteiger partial charge < -0.3 is 24.4 Å². The van der Waals surface area contributed by atoms with E-state index >= 15 is 0 Å². The number of nitrogens with one attached hydrogen (secondary N) is 2. The Labute approximate surface area is 249 Å². The van der Waals surface area contributed by atoms with Gasteiger partial charge in [0.05, 0.1) is 36.5 Å². The van der Waals surface area contributed by atoms with Gasteiger partial charge in [-0.15, -0.1) is 0 Å². The number of nitrogens with zero attached hydrogens (tertiary/aromatic N) is 4. The Morgan fingerprint density at radius 1 is 0.927 bits per heavy atom. The molecular formula is C29H34BrN6O4P. The van der Waals surface area contributed by atoms with Crippen molar-refractivity contribution in [2.24, 2.45) is 0 Å². The predicted molar refractivity (Wildman–Crippen MR) is 163 cm³/mol. The number of nitriles is 2. The summed E-state index contributed by atoms with van der Waals surface area (Å²) in [7, 11) is -3.48. The van der Waals surface area contributed by atoms with Crippen molar-refractivity contribution < 1.29 is 18.3 Å². The molecule has 0 aliphatic carbocycles. The molecular weight excluding hydrogens is 607 g/mol. The number of aryl methyl sites for hydroxylation is 2. The highest BCUT2D eigenvalue weighted by molar-refractivity contribution is 9.10. The Bertz CT molecular complexity index is 1430. The van der Waals surface area contributed by atoms with E-state index in [0.717, 1.165) is 36.8 Å². The molecule has 0 fully saturated rings. The quantitative estimate of drug-likeness (QED) is 0.123. The summed E-state index contributed by atoms with van der Waals surface area (Å²) in [4.78, 5) is 9.14. The van der Waals surface area contributed by atoms with E-state index in [4.69, 9.17) is 19.0 Å². The molecule has 0 saturated carbocycles. The van der Waals surface area contributed by atoms with E-state index in [2.05, 4.69) is 48.7 Å². The van der Waals surface area contributed by atoms with Crippen molar-refractivity contribution >= 4 is 41.0 Å². The number of hydrogen-bond donors (Lipinski definition) is 2. The Morgan fingerprint density at radius 2 is 1.51 bits per heavy atom. The van der Waals surface area contributed by atoms with Gasteiger partial charge in [0.15, 0.2) is 5.82 Å². The highest BCUT2D eigenvalue weighted by atomic mass is 79.9. The second kappa shape index (κ2) is 15.5. The van der Waals surface area contributed by atoms with Crippen molar-refractivity contribution in [3.63, 3.8) is 0 Å². The Balaban J connectivity index is 1.97. The Kier molecular flexibility index (Phi) is 12.1. The van der Waals surface area contributed by atoms with Gasteiger partial charge in [-0.3, -0.25) is 4.57 Å². The molecule has 216 valence electrons. The number of unbranched alkanes of at least 4 members (excludes halogenated alkanes) is 2. The normalized spacial score (nSPS) is 11.0. The Morgan fingerprint density at radius 3 is 2.05 bits per heavy atom. The van der Waals surface area contributed by atoms with Crippen LogP contribution in [0.15, 0.2) is 40.9 Å². The second-order valence-corrected chi connectivity index (χ2v) is 12.1. The monoisotopic (exact) mass is 640 g/mol. The first-order valence-corrected chi connectivity index (χ1v) is 15.9. The van der Waals surface area contributed by atoms with Crippen LogP contribution in [-0.4, -0.2) is 29.5 Å². The fraction of sp³-hybridized carbons (Fsp3) is 0.379. The smallest absolute Gasteiger partial charge is 0.349 e. The van der Waals surface area contributed by atoms with Crippen molar-refractivity contribution in [2.45, 2.75) is 53.4 Å². The number of rotatable bonds is 15. The standard InChI is InChI=1S/C29H34BrN6O4P/c1-5-7-13-38-41(37,39-14-8-6-2)19-33-27-25(30)28(40-26-20(3)15-23(18-32)16-21(26)4)36-29(35-27)34-24-11-9-22(17-31)10-12-24/h9-12,15-16H,5-8,13-14,19H2,1-4H3,(H2,33,34,35,36). The number of anilines is 3. The van der Waals surface area contributed by atoms with Crippen LogP contribution < -0.4 is 15.4 Å². The summed E-state index contributed by atoms with van der Waals surface area (Å²) in [6.07, 6.45) is 3.22. The third-order valence-corrected chi connectivity index (χ3v) is 8.30. The zero-order valence-electron chi connectivity index (χ0n) is 23.7. The average molecular weight is 642 g/mol. The summed E-state index contributed by atoms with van der Waals surface area (Å²) in [5, 5.41) is 24.7. The lowest BCUT2D eigenvalue weighted by Crippen LogP contribution is -2.12. The van der Waals surface area contributed by atoms with Crippen molar-refractivity contribution in [2.75, 3.05) is 30.1 Å². The second-order valence-electron chi connectivity index (χ2n) is 9.30. The van der Waals surface area contributed by atoms with Gasteiger partial charge in [-0.2, -0.15) is 20.5 Å². The molecule has 10 nitrogen and oxygen atoms in total. The third-order valence-electron chi connectivity index (χ3n) is 5.89. The van der Waals surface area contributed by atoms with Crippen molar-refractivity contribution in [1.29, 1.82) is 10.5 Å². The van der Waals surface area contributed by atoms with Gasteiger partial charge in [0.2, 0.25) is 11.8 Å². The minimum atomic E-state index is -3.48. The van der Waals surface area contributed by atoms with E-state index in [1.54, 1.807) is 36.4 Å². The molecule has 0 aliphatic heterocycles. The third kappa shape index (κ3) is 9.27. The van der Waals surface area contributed by atoms with Crippen LogP contribution in [0, 0.1) is 36.5 Å². The highest BCUT2D eigenvalue weighted by Gasteiger charge is 2.26. The SMILES string of the molecule is CCCCOP(=O)(CNc1nc(Nc2ccc(C#N)cc2)nc(Oc2c(C)cc(C#N)cc2C)c1Br)OCCCC. The van der Waals surface area contributed by atoms with Crippen LogP contribution in [0.2, 0.25) is 0 Å². The molecule has 3 rings (SSSR count). The van der Waals surface area contributed by atoms with Crippen LogP contribution >= 0.6 is 23.5 Å². The fourth-order valence-electron chi connectivity index (χ4n) is 3.69. The summed E-state index contributed by atoms with van der Waals surface area (Å²) in [6.45, 7) is 8.41. The molecule has 0 aliphatic rings. The minimum Gasteiger partial charge on any atom is -0.437 e. The molecule has 3 aromatic rings. The predicted octanol–water partition coefficient (Wildman–Crippen LogP) is 8.33. The molecule has 1 heterocycles. The van der Waals surface area contributed by atoms with E-state index < -0.39 is 7.60 Å². The van der Waals surface area contributed by atoms with Crippen LogP contribution in [0.5, 0.6) is 11.6 Å². The number of hydrogen-bond acceptors (Lipinski definition) is 10. The zero-order valence-corrected chi connectivity index (χ0v) is 26.1. The maximum Gasteiger partial charge on any atom is 0.349 e. The fourth-order valence-corrected chi connectivity index (χ4v) is 5.51. The van der Waals surface area contributed by atoms with Gasteiger partial charge in [-0.05, 0) is 90.1 Å². The minimum absolute atomic E-state index is 0.110. The summed E-state index contributed by atoms with van der Waals surface area (Å²) < 4.78 is 31.6. The first-order valence-electron chi connectivity index (χ1n) is 13.4. The van der Waals surface area contributed by atoms with Crippen LogP contribution in [0.25, 0.3) is 0 Å². The van der Waals surface area contributed by atoms with Gasteiger partial charge in [0, 0.05) is 5.69 Å². The lowest BCUT2D eigenvalue weighted by Gasteiger charge is -2.21. The molecule has 0 bridgehead atoms. The molecule has 0 amide bonds. The van der Waals surface area contributed by atoms with Crippen LogP contribution in [0.3, 0.4) is 0 Å². The lowest BCUT2D eigenvalue weighted by molar-refractivity contribution is 0.201. The van der Waals surface area contributed by atoms with Gasteiger partial charge in [0.25, 0.3) is 0 Å². The Hall–Kier alpha value is -3.47. The van der Waals surface area contributed by atoms with E-state index in [9.17, 15) is 9.83 Å². The summed E-state index contributed by atoms with van der Waals surface area (Å²) in [5.74, 6) is 1.26. The molecule has 2 aromatic carbocycles. The number of ether oxygens (including phenoxy) is 1. The number of aromatic nitrogens is 2. The summed E-state index contributed by atoms with van der Waals surface area (Å²) >= 11 is 3.55. The zero-order chi connectivity index (χ0) is 29.8. The van der Waals surface area contributed by atoms with Crippen molar-refractivity contribution in [1.82, 2.24) is 9.97 Å². The molecule has 1 aromatic heterocycles. The molecule has 2 N–H and O–H groups in total. The largest absolute Gasteiger partial charge is 0.437 e. The molecule has 0 spiro atoms. The molecule has 0 atom stereocenters. The van der Waals surface area contributed by atoms with Crippen LogP contribution in [-0.2, 0) is 13.6 Å². The first kappa shape index (κ1) is 32.0. The average Bonchev–Trinajstić information content (AvgIpc) is 2.96. The van der Waals surface area contributed by atoms with Crippen LogP contribution in [0.1, 0.15) is 61.8 Å². The first-order chi connectivity index (χ1) is 19.7. The molecule has 0 radical (unpaired) electrons. The van der Waals surface area contributed by atoms with Gasteiger partial charge >= 0.3 is 7.60 Å².